The summed E-state index contributed by atoms with van der Waals surface area (Å²) in [5, 5.41) is 12.0. The molecule has 13 nitrogen and oxygen atoms in total. The van der Waals surface area contributed by atoms with E-state index in [0.717, 1.165) is 4.31 Å². The van der Waals surface area contributed by atoms with Crippen molar-refractivity contribution in [3.05, 3.63) is 53.6 Å². The van der Waals surface area contributed by atoms with Gasteiger partial charge in [0.1, 0.15) is 5.92 Å². The molecule has 14 heteroatoms. The lowest BCUT2D eigenvalue weighted by Crippen LogP contribution is -2.46. The number of rotatable bonds is 12. The monoisotopic (exact) mass is 624 g/mol. The van der Waals surface area contributed by atoms with Crippen LogP contribution in [0, 0.1) is 11.8 Å². The van der Waals surface area contributed by atoms with Crippen LogP contribution in [-0.2, 0) is 29.1 Å². The lowest BCUT2D eigenvalue weighted by atomic mass is 9.96. The number of ether oxygens (including phenoxy) is 1. The molecule has 2 aliphatic rings. The molecule has 2 amide bonds. The van der Waals surface area contributed by atoms with Crippen molar-refractivity contribution >= 4 is 45.4 Å². The van der Waals surface area contributed by atoms with Crippen LogP contribution in [0.4, 0.5) is 11.4 Å². The second-order valence-electron chi connectivity index (χ2n) is 10.3. The van der Waals surface area contributed by atoms with Crippen LogP contribution >= 0.6 is 0 Å². The number of carbonyl (C=O) groups excluding carboxylic acids is 2. The van der Waals surface area contributed by atoms with Crippen LogP contribution in [0.5, 0.6) is 0 Å². The van der Waals surface area contributed by atoms with Gasteiger partial charge in [0, 0.05) is 62.8 Å². The maximum Gasteiger partial charge on any atom is 0.305 e. The zero-order valence-corrected chi connectivity index (χ0v) is 25.3. The first-order valence-corrected chi connectivity index (χ1v) is 15.6. The first-order valence-electron chi connectivity index (χ1n) is 14.1. The highest BCUT2D eigenvalue weighted by Gasteiger charge is 2.31. The number of benzene rings is 2. The Bertz CT molecular complexity index is 1580. The van der Waals surface area contributed by atoms with Crippen LogP contribution in [0.1, 0.15) is 23.5 Å². The molecule has 0 radical (unpaired) electrons. The van der Waals surface area contributed by atoms with Gasteiger partial charge < -0.3 is 25.8 Å². The van der Waals surface area contributed by atoms with E-state index in [4.69, 9.17) is 15.6 Å². The van der Waals surface area contributed by atoms with Crippen LogP contribution in [0.25, 0.3) is 0 Å². The number of morpholine rings is 1. The van der Waals surface area contributed by atoms with Gasteiger partial charge in [-0.25, -0.2) is 8.42 Å². The Hall–Kier alpha value is -4.13. The topological polar surface area (TPSA) is 175 Å². The average Bonchev–Trinajstić information content (AvgIpc) is 3.34. The number of sulfonamides is 1. The van der Waals surface area contributed by atoms with Crippen molar-refractivity contribution in [3.8, 4) is 11.8 Å². The summed E-state index contributed by atoms with van der Waals surface area (Å²) in [6.45, 7) is 3.03. The minimum Gasteiger partial charge on any atom is -0.481 e. The fourth-order valence-corrected chi connectivity index (χ4v) is 6.03. The lowest BCUT2D eigenvalue weighted by Gasteiger charge is -2.30. The molecule has 0 bridgehead atoms. The number of carboxylic acid groups (broad SMARTS) is 1. The first kappa shape index (κ1) is 32.8. The Labute approximate surface area is 256 Å². The molecular formula is C30H36N6O7S. The van der Waals surface area contributed by atoms with Crippen molar-refractivity contribution in [2.75, 3.05) is 71.4 Å². The molecule has 0 aromatic heterocycles. The van der Waals surface area contributed by atoms with Gasteiger partial charge >= 0.3 is 5.97 Å². The SMILES string of the molecule is CN(CC(=O)N(CCC(=O)O)CCN1CCOCC1)S(=O)(=O)c1cccc(N=CC2C(=O)Nc3cccc(C#CCN)c32)c1. The highest BCUT2D eigenvalue weighted by atomic mass is 32.2. The van der Waals surface area contributed by atoms with E-state index in [1.807, 2.05) is 0 Å². The Kier molecular flexibility index (Phi) is 11.2. The number of fused-ring (bicyclic) bond motifs is 1. The van der Waals surface area contributed by atoms with Gasteiger partial charge in [0.05, 0.1) is 43.3 Å². The minimum atomic E-state index is -4.11. The summed E-state index contributed by atoms with van der Waals surface area (Å²) in [6, 6.07) is 11.2. The lowest BCUT2D eigenvalue weighted by molar-refractivity contribution is -0.138. The molecule has 2 aliphatic heterocycles. The van der Waals surface area contributed by atoms with E-state index in [0.29, 0.717) is 55.3 Å². The van der Waals surface area contributed by atoms with Crippen molar-refractivity contribution in [1.82, 2.24) is 14.1 Å². The summed E-state index contributed by atoms with van der Waals surface area (Å²) in [5.74, 6) is 3.20. The third-order valence-electron chi connectivity index (χ3n) is 7.28. The molecule has 0 spiro atoms. The van der Waals surface area contributed by atoms with E-state index in [1.54, 1.807) is 24.3 Å². The van der Waals surface area contributed by atoms with Gasteiger partial charge in [-0.05, 0) is 30.3 Å². The van der Waals surface area contributed by atoms with Gasteiger partial charge in [-0.2, -0.15) is 4.31 Å². The van der Waals surface area contributed by atoms with E-state index < -0.39 is 34.4 Å². The maximum atomic E-state index is 13.4. The van der Waals surface area contributed by atoms with Gasteiger partial charge in [-0.15, -0.1) is 0 Å². The van der Waals surface area contributed by atoms with E-state index in [2.05, 4.69) is 27.0 Å². The van der Waals surface area contributed by atoms with Crippen LogP contribution in [0.2, 0.25) is 0 Å². The first-order chi connectivity index (χ1) is 21.1. The third-order valence-corrected chi connectivity index (χ3v) is 9.08. The van der Waals surface area contributed by atoms with Crippen molar-refractivity contribution in [2.24, 2.45) is 10.7 Å². The Morgan fingerprint density at radius 3 is 2.68 bits per heavy atom. The van der Waals surface area contributed by atoms with Gasteiger partial charge in [-0.1, -0.05) is 24.0 Å². The summed E-state index contributed by atoms with van der Waals surface area (Å²) in [6.07, 6.45) is 1.19. The highest BCUT2D eigenvalue weighted by Crippen LogP contribution is 2.34. The normalized spacial score (nSPS) is 16.8. The second kappa shape index (κ2) is 15.0. The van der Waals surface area contributed by atoms with E-state index >= 15 is 0 Å². The number of amides is 2. The number of hydrogen-bond donors (Lipinski definition) is 3. The number of nitrogens with one attached hydrogen (secondary N) is 1. The maximum absolute atomic E-state index is 13.4. The zero-order chi connectivity index (χ0) is 31.7. The quantitative estimate of drug-likeness (QED) is 0.227. The Balaban J connectivity index is 1.47. The number of carboxylic acids is 1. The highest BCUT2D eigenvalue weighted by molar-refractivity contribution is 7.89. The summed E-state index contributed by atoms with van der Waals surface area (Å²) >= 11 is 0. The van der Waals surface area contributed by atoms with Crippen molar-refractivity contribution in [1.29, 1.82) is 0 Å². The molecular weight excluding hydrogens is 588 g/mol. The van der Waals surface area contributed by atoms with Gasteiger partial charge in [-0.3, -0.25) is 24.3 Å². The molecule has 1 saturated heterocycles. The molecule has 2 aromatic rings. The molecule has 4 N–H and O–H groups in total. The Morgan fingerprint density at radius 1 is 1.20 bits per heavy atom. The molecule has 2 aromatic carbocycles. The molecule has 1 unspecified atom stereocenters. The molecule has 234 valence electrons. The molecule has 0 aliphatic carbocycles. The Morgan fingerprint density at radius 2 is 1.95 bits per heavy atom. The number of aliphatic imine (C=N–C) groups is 1. The smallest absolute Gasteiger partial charge is 0.305 e. The second-order valence-corrected chi connectivity index (χ2v) is 12.3. The number of aliphatic carboxylic acids is 1. The fourth-order valence-electron chi connectivity index (χ4n) is 4.87. The van der Waals surface area contributed by atoms with E-state index in [-0.39, 0.29) is 36.9 Å². The predicted molar refractivity (Wildman–Crippen MR) is 164 cm³/mol. The molecule has 0 saturated carbocycles. The number of anilines is 1. The van der Waals surface area contributed by atoms with Crippen LogP contribution in [-0.4, -0.2) is 118 Å². The average molecular weight is 625 g/mol. The van der Waals surface area contributed by atoms with Gasteiger partial charge in [0.2, 0.25) is 21.8 Å². The van der Waals surface area contributed by atoms with Crippen LogP contribution < -0.4 is 11.1 Å². The molecule has 1 fully saturated rings. The molecule has 4 rings (SSSR count). The molecule has 2 heterocycles. The van der Waals surface area contributed by atoms with Gasteiger partial charge in [0.15, 0.2) is 0 Å². The minimum absolute atomic E-state index is 0.0337. The van der Waals surface area contributed by atoms with E-state index in [9.17, 15) is 22.8 Å². The van der Waals surface area contributed by atoms with Crippen LogP contribution in [0.15, 0.2) is 52.4 Å². The summed E-state index contributed by atoms with van der Waals surface area (Å²) in [5.41, 5.74) is 7.75. The van der Waals surface area contributed by atoms with Crippen molar-refractivity contribution < 1.29 is 32.6 Å². The summed E-state index contributed by atoms with van der Waals surface area (Å²) in [4.78, 5) is 44.9. The number of hydrogen-bond acceptors (Lipinski definition) is 9. The molecule has 44 heavy (non-hydrogen) atoms. The number of nitrogens with two attached hydrogens (primary N) is 1. The van der Waals surface area contributed by atoms with E-state index in [1.165, 1.54) is 36.4 Å². The summed E-state index contributed by atoms with van der Waals surface area (Å²) < 4.78 is 33.1. The largest absolute Gasteiger partial charge is 0.481 e. The number of likely N-dealkylation sites (N-methyl/N-ethyl adjacent to an activating group) is 1. The van der Waals surface area contributed by atoms with Gasteiger partial charge in [0.25, 0.3) is 0 Å². The molecule has 1 atom stereocenters. The number of nitrogens with zero attached hydrogens (tertiary/aromatic N) is 4. The van der Waals surface area contributed by atoms with Crippen molar-refractivity contribution in [2.45, 2.75) is 17.2 Å². The zero-order valence-electron chi connectivity index (χ0n) is 24.4. The standard InChI is InChI=1S/C30H36N6O7S/c1-34(21-27(37)36(12-10-28(38)39)14-13-35-15-17-43-18-16-35)44(41,42)24-8-3-7-23(19-24)32-20-25-29-22(6-4-11-31)5-2-9-26(29)33-30(25)40/h2-3,5,7-9,19-20,25H,10-18,21,31H2,1H3,(H,33,40)(H,38,39). The summed E-state index contributed by atoms with van der Waals surface area (Å²) in [7, 11) is -2.82. The third kappa shape index (κ3) is 8.28. The van der Waals surface area contributed by atoms with Crippen LogP contribution in [0.3, 0.4) is 0 Å². The number of carbonyl (C=O) groups is 3. The van der Waals surface area contributed by atoms with Crippen molar-refractivity contribution in [3.63, 3.8) is 0 Å². The predicted octanol–water partition coefficient (Wildman–Crippen LogP) is 0.691. The fraction of sp³-hybridized carbons (Fsp3) is 0.400.